The Balaban J connectivity index is 1.60. The molecule has 0 radical (unpaired) electrons. The lowest BCUT2D eigenvalue weighted by Gasteiger charge is -2.22. The van der Waals surface area contributed by atoms with Gasteiger partial charge in [-0.1, -0.05) is 37.5 Å². The van der Waals surface area contributed by atoms with Gasteiger partial charge in [-0.2, -0.15) is 0 Å². The molecule has 0 unspecified atom stereocenters. The molecule has 1 aliphatic rings. The van der Waals surface area contributed by atoms with Crippen LogP contribution in [0.5, 0.6) is 0 Å². The summed E-state index contributed by atoms with van der Waals surface area (Å²) in [5.41, 5.74) is 1.94. The number of carbonyl (C=O) groups is 3. The number of anilines is 2. The third-order valence-electron chi connectivity index (χ3n) is 6.11. The van der Waals surface area contributed by atoms with E-state index < -0.39 is 11.9 Å². The Hall–Kier alpha value is -3.61. The Bertz CT molecular complexity index is 1180. The number of carboxylic acids is 1. The van der Waals surface area contributed by atoms with Crippen LogP contribution in [0.1, 0.15) is 64.5 Å². The van der Waals surface area contributed by atoms with Crippen LogP contribution in [0.2, 0.25) is 0 Å². The van der Waals surface area contributed by atoms with Crippen LogP contribution < -0.4 is 10.6 Å². The van der Waals surface area contributed by atoms with Gasteiger partial charge in [-0.3, -0.25) is 14.2 Å². The largest absolute Gasteiger partial charge is 0.478 e. The van der Waals surface area contributed by atoms with Crippen LogP contribution in [0.3, 0.4) is 0 Å². The molecule has 3 N–H and O–H groups in total. The van der Waals surface area contributed by atoms with E-state index in [9.17, 15) is 19.5 Å². The van der Waals surface area contributed by atoms with Gasteiger partial charge in [-0.15, -0.1) is 0 Å². The second kappa shape index (κ2) is 9.26. The summed E-state index contributed by atoms with van der Waals surface area (Å²) >= 11 is 0. The highest BCUT2D eigenvalue weighted by atomic mass is 16.4. The number of fused-ring (bicyclic) bond motifs is 1. The van der Waals surface area contributed by atoms with Crippen LogP contribution in [0, 0.1) is 5.92 Å². The van der Waals surface area contributed by atoms with Crippen molar-refractivity contribution in [2.45, 2.75) is 39.0 Å². The number of nitrogens with zero attached hydrogens (tertiary/aromatic N) is 1. The molecule has 1 fully saturated rings. The summed E-state index contributed by atoms with van der Waals surface area (Å²) in [7, 11) is 0. The molecular weight excluding hydrogens is 406 g/mol. The van der Waals surface area contributed by atoms with Gasteiger partial charge in [-0.05, 0) is 43.0 Å². The van der Waals surface area contributed by atoms with Crippen LogP contribution in [0.15, 0.2) is 48.7 Å². The standard InChI is InChI=1S/C25H27N3O4/c1-16(29)28-15-21(19-9-5-6-10-23(19)28)24(30)27-22-13-18(11-12-20(22)25(31)32)26-14-17-7-3-2-4-8-17/h5-6,9-13,15,17,26H,2-4,7-8,14H2,1H3,(H,27,30)(H,31,32). The van der Waals surface area contributed by atoms with E-state index in [0.29, 0.717) is 22.4 Å². The average Bonchev–Trinajstić information content (AvgIpc) is 3.18. The number of carbonyl (C=O) groups excluding carboxylic acids is 2. The van der Waals surface area contributed by atoms with E-state index in [0.717, 1.165) is 12.2 Å². The van der Waals surface area contributed by atoms with Gasteiger partial charge in [0.25, 0.3) is 5.91 Å². The molecule has 1 aromatic heterocycles. The quantitative estimate of drug-likeness (QED) is 0.493. The SMILES string of the molecule is CC(=O)n1cc(C(=O)Nc2cc(NCC3CCCCC3)ccc2C(=O)O)c2ccccc21. The summed E-state index contributed by atoms with van der Waals surface area (Å²) in [5, 5.41) is 16.4. The first-order chi connectivity index (χ1) is 15.4. The third kappa shape index (κ3) is 4.51. The third-order valence-corrected chi connectivity index (χ3v) is 6.11. The first-order valence-corrected chi connectivity index (χ1v) is 11.0. The van der Waals surface area contributed by atoms with E-state index >= 15 is 0 Å². The molecular formula is C25H27N3O4. The summed E-state index contributed by atoms with van der Waals surface area (Å²) in [4.78, 5) is 36.8. The minimum absolute atomic E-state index is 0.0110. The number of para-hydroxylation sites is 1. The molecule has 7 heteroatoms. The number of aromatic carboxylic acids is 1. The molecule has 1 heterocycles. The monoisotopic (exact) mass is 433 g/mol. The molecule has 2 aromatic carbocycles. The fourth-order valence-corrected chi connectivity index (χ4v) is 4.41. The first-order valence-electron chi connectivity index (χ1n) is 11.0. The number of hydrogen-bond acceptors (Lipinski definition) is 4. The van der Waals surface area contributed by atoms with Gasteiger partial charge in [0.15, 0.2) is 0 Å². The Labute approximate surface area is 186 Å². The first kappa shape index (κ1) is 21.6. The minimum atomic E-state index is -1.12. The summed E-state index contributed by atoms with van der Waals surface area (Å²) < 4.78 is 1.42. The number of nitrogens with one attached hydrogen (secondary N) is 2. The van der Waals surface area contributed by atoms with Crippen LogP contribution in [-0.2, 0) is 0 Å². The number of carboxylic acid groups (broad SMARTS) is 1. The van der Waals surface area contributed by atoms with Crippen LogP contribution in [-0.4, -0.2) is 34.0 Å². The Morgan fingerprint density at radius 2 is 1.78 bits per heavy atom. The van der Waals surface area contributed by atoms with Crippen molar-refractivity contribution in [3.8, 4) is 0 Å². The molecule has 0 saturated heterocycles. The molecule has 3 aromatic rings. The highest BCUT2D eigenvalue weighted by Gasteiger charge is 2.20. The van der Waals surface area contributed by atoms with Gasteiger partial charge in [-0.25, -0.2) is 4.79 Å². The zero-order valence-corrected chi connectivity index (χ0v) is 18.1. The fraction of sp³-hybridized carbons (Fsp3) is 0.320. The second-order valence-corrected chi connectivity index (χ2v) is 8.35. The number of benzene rings is 2. The zero-order valence-electron chi connectivity index (χ0n) is 18.1. The number of aromatic nitrogens is 1. The van der Waals surface area contributed by atoms with E-state index in [1.807, 2.05) is 0 Å². The Morgan fingerprint density at radius 1 is 1.03 bits per heavy atom. The fourth-order valence-electron chi connectivity index (χ4n) is 4.41. The van der Waals surface area contributed by atoms with Crippen LogP contribution in [0.4, 0.5) is 11.4 Å². The molecule has 0 bridgehead atoms. The molecule has 0 atom stereocenters. The zero-order chi connectivity index (χ0) is 22.7. The summed E-state index contributed by atoms with van der Waals surface area (Å²) in [6.07, 6.45) is 7.68. The van der Waals surface area contributed by atoms with Crippen LogP contribution >= 0.6 is 0 Å². The molecule has 4 rings (SSSR count). The van der Waals surface area contributed by atoms with Crippen molar-refractivity contribution < 1.29 is 19.5 Å². The number of rotatable bonds is 6. The molecule has 7 nitrogen and oxygen atoms in total. The van der Waals surface area contributed by atoms with Crippen molar-refractivity contribution in [3.63, 3.8) is 0 Å². The van der Waals surface area contributed by atoms with Gasteiger partial charge in [0.1, 0.15) is 0 Å². The lowest BCUT2D eigenvalue weighted by molar-refractivity contribution is 0.0697. The van der Waals surface area contributed by atoms with E-state index in [1.54, 1.807) is 36.4 Å². The van der Waals surface area contributed by atoms with Gasteiger partial charge >= 0.3 is 5.97 Å². The lowest BCUT2D eigenvalue weighted by Crippen LogP contribution is -2.18. The van der Waals surface area contributed by atoms with E-state index in [4.69, 9.17) is 0 Å². The van der Waals surface area contributed by atoms with Crippen molar-refractivity contribution in [1.82, 2.24) is 4.57 Å². The Kier molecular flexibility index (Phi) is 6.25. The Morgan fingerprint density at radius 3 is 2.50 bits per heavy atom. The highest BCUT2D eigenvalue weighted by Crippen LogP contribution is 2.27. The van der Waals surface area contributed by atoms with Crippen molar-refractivity contribution in [2.24, 2.45) is 5.92 Å². The van der Waals surface area contributed by atoms with Crippen molar-refractivity contribution >= 4 is 40.1 Å². The summed E-state index contributed by atoms with van der Waals surface area (Å²) in [6.45, 7) is 2.25. The number of amides is 1. The molecule has 1 aliphatic carbocycles. The molecule has 1 saturated carbocycles. The molecule has 0 spiro atoms. The van der Waals surface area contributed by atoms with Gasteiger partial charge in [0.2, 0.25) is 5.91 Å². The topological polar surface area (TPSA) is 100 Å². The smallest absolute Gasteiger partial charge is 0.337 e. The van der Waals surface area contributed by atoms with Crippen molar-refractivity contribution in [1.29, 1.82) is 0 Å². The maximum Gasteiger partial charge on any atom is 0.337 e. The maximum atomic E-state index is 13.1. The summed E-state index contributed by atoms with van der Waals surface area (Å²) in [6, 6.07) is 12.0. The highest BCUT2D eigenvalue weighted by molar-refractivity contribution is 6.15. The molecule has 1 amide bonds. The van der Waals surface area contributed by atoms with E-state index in [2.05, 4.69) is 10.6 Å². The van der Waals surface area contributed by atoms with Gasteiger partial charge in [0.05, 0.1) is 22.3 Å². The van der Waals surface area contributed by atoms with Crippen LogP contribution in [0.25, 0.3) is 10.9 Å². The predicted molar refractivity (Wildman–Crippen MR) is 125 cm³/mol. The molecule has 166 valence electrons. The van der Waals surface area contributed by atoms with Gasteiger partial charge in [0, 0.05) is 30.7 Å². The second-order valence-electron chi connectivity index (χ2n) is 8.35. The average molecular weight is 434 g/mol. The van der Waals surface area contributed by atoms with Crippen molar-refractivity contribution in [2.75, 3.05) is 17.2 Å². The summed E-state index contributed by atoms with van der Waals surface area (Å²) in [5.74, 6) is -1.18. The maximum absolute atomic E-state index is 13.1. The molecule has 32 heavy (non-hydrogen) atoms. The van der Waals surface area contributed by atoms with Gasteiger partial charge < -0.3 is 15.7 Å². The molecule has 0 aliphatic heterocycles. The predicted octanol–water partition coefficient (Wildman–Crippen LogP) is 5.24. The number of hydrogen-bond donors (Lipinski definition) is 3. The lowest BCUT2D eigenvalue weighted by atomic mass is 9.89. The minimum Gasteiger partial charge on any atom is -0.478 e. The van der Waals surface area contributed by atoms with Crippen molar-refractivity contribution in [3.05, 3.63) is 59.8 Å². The normalized spacial score (nSPS) is 14.3. The van der Waals surface area contributed by atoms with E-state index in [-0.39, 0.29) is 17.2 Å². The van der Waals surface area contributed by atoms with E-state index in [1.165, 1.54) is 55.9 Å².